The zero-order chi connectivity index (χ0) is 14.0. The second-order valence-electron chi connectivity index (χ2n) is 4.27. The van der Waals surface area contributed by atoms with E-state index in [1.54, 1.807) is 18.4 Å². The summed E-state index contributed by atoms with van der Waals surface area (Å²) in [4.78, 5) is 9.63. The predicted molar refractivity (Wildman–Crippen MR) is 78.1 cm³/mol. The highest BCUT2D eigenvalue weighted by molar-refractivity contribution is 7.88. The van der Waals surface area contributed by atoms with Crippen molar-refractivity contribution >= 4 is 37.4 Å². The Morgan fingerprint density at radius 2 is 2.16 bits per heavy atom. The monoisotopic (exact) mass is 300 g/mol. The third-order valence-corrected chi connectivity index (χ3v) is 4.84. The molecule has 0 aromatic carbocycles. The largest absolute Gasteiger partial charge is 0.368 e. The number of anilines is 1. The van der Waals surface area contributed by atoms with E-state index in [2.05, 4.69) is 15.3 Å². The molecule has 19 heavy (non-hydrogen) atoms. The van der Waals surface area contributed by atoms with E-state index < -0.39 is 10.0 Å². The molecule has 0 saturated heterocycles. The zero-order valence-corrected chi connectivity index (χ0v) is 12.7. The number of hydrogen-bond donors (Lipinski definition) is 1. The van der Waals surface area contributed by atoms with Crippen LogP contribution in [0.1, 0.15) is 5.82 Å². The van der Waals surface area contributed by atoms with E-state index in [9.17, 15) is 8.42 Å². The van der Waals surface area contributed by atoms with Crippen LogP contribution in [0.5, 0.6) is 0 Å². The van der Waals surface area contributed by atoms with E-state index in [4.69, 9.17) is 0 Å². The van der Waals surface area contributed by atoms with Crippen LogP contribution >= 0.6 is 11.3 Å². The molecule has 0 aliphatic carbocycles. The molecule has 2 aromatic rings. The fourth-order valence-corrected chi connectivity index (χ4v) is 2.83. The van der Waals surface area contributed by atoms with E-state index in [1.165, 1.54) is 10.6 Å². The molecule has 0 amide bonds. The normalized spacial score (nSPS) is 12.2. The lowest BCUT2D eigenvalue weighted by molar-refractivity contribution is 0.486. The molecule has 0 spiro atoms. The van der Waals surface area contributed by atoms with Gasteiger partial charge in [0.15, 0.2) is 0 Å². The summed E-state index contributed by atoms with van der Waals surface area (Å²) in [6.07, 6.45) is 1.19. The molecule has 1 N–H and O–H groups in total. The van der Waals surface area contributed by atoms with Crippen LogP contribution < -0.4 is 5.32 Å². The molecule has 2 rings (SSSR count). The van der Waals surface area contributed by atoms with Crippen LogP contribution in [0.2, 0.25) is 0 Å². The maximum atomic E-state index is 11.3. The molecule has 0 aliphatic heterocycles. The van der Waals surface area contributed by atoms with Crippen LogP contribution in [0.4, 0.5) is 5.82 Å². The molecule has 0 bridgehead atoms. The maximum Gasteiger partial charge on any atom is 0.211 e. The average molecular weight is 300 g/mol. The Kier molecular flexibility index (Phi) is 4.02. The van der Waals surface area contributed by atoms with Crippen molar-refractivity contribution in [1.29, 1.82) is 0 Å². The van der Waals surface area contributed by atoms with Gasteiger partial charge in [-0.1, -0.05) is 0 Å². The molecule has 0 unspecified atom stereocenters. The molecule has 0 fully saturated rings. The van der Waals surface area contributed by atoms with Crippen LogP contribution in [-0.4, -0.2) is 49.1 Å². The van der Waals surface area contributed by atoms with Gasteiger partial charge in [0.05, 0.1) is 11.6 Å². The van der Waals surface area contributed by atoms with Crippen LogP contribution in [-0.2, 0) is 10.0 Å². The van der Waals surface area contributed by atoms with Crippen molar-refractivity contribution in [3.05, 3.63) is 17.3 Å². The Morgan fingerprint density at radius 1 is 1.42 bits per heavy atom. The lowest BCUT2D eigenvalue weighted by atomic mass is 10.3. The van der Waals surface area contributed by atoms with Crippen molar-refractivity contribution in [1.82, 2.24) is 14.3 Å². The number of nitrogens with zero attached hydrogens (tertiary/aromatic N) is 3. The summed E-state index contributed by atoms with van der Waals surface area (Å²) in [7, 11) is -1.58. The van der Waals surface area contributed by atoms with E-state index in [1.807, 2.05) is 18.4 Å². The molecule has 6 nitrogen and oxygen atoms in total. The predicted octanol–water partition coefficient (Wildman–Crippen LogP) is 1.30. The van der Waals surface area contributed by atoms with E-state index in [0.717, 1.165) is 16.0 Å². The van der Waals surface area contributed by atoms with Crippen LogP contribution in [0.15, 0.2) is 11.4 Å². The minimum Gasteiger partial charge on any atom is -0.368 e. The van der Waals surface area contributed by atoms with Gasteiger partial charge in [0, 0.05) is 20.1 Å². The number of likely N-dealkylation sites (N-methyl/N-ethyl adjacent to an activating group) is 1. The standard InChI is InChI=1S/C11H16N4O2S2/c1-8-13-10(9-4-7-18-11(9)14-8)12-5-6-15(2)19(3,16)17/h4,7H,5-6H2,1-3H3,(H,12,13,14). The summed E-state index contributed by atoms with van der Waals surface area (Å²) in [6, 6.07) is 1.96. The van der Waals surface area contributed by atoms with Gasteiger partial charge in [0.1, 0.15) is 16.5 Å². The quantitative estimate of drug-likeness (QED) is 0.901. The van der Waals surface area contributed by atoms with Gasteiger partial charge in [-0.2, -0.15) is 0 Å². The van der Waals surface area contributed by atoms with Crippen molar-refractivity contribution in [3.63, 3.8) is 0 Å². The number of aryl methyl sites for hydroxylation is 1. The second kappa shape index (κ2) is 5.40. The van der Waals surface area contributed by atoms with Gasteiger partial charge in [-0.05, 0) is 18.4 Å². The number of fused-ring (bicyclic) bond motifs is 1. The van der Waals surface area contributed by atoms with Gasteiger partial charge in [-0.3, -0.25) is 0 Å². The number of rotatable bonds is 5. The molecular formula is C11H16N4O2S2. The van der Waals surface area contributed by atoms with Crippen molar-refractivity contribution < 1.29 is 8.42 Å². The highest BCUT2D eigenvalue weighted by Gasteiger charge is 2.11. The molecule has 0 saturated carbocycles. The minimum absolute atomic E-state index is 0.396. The van der Waals surface area contributed by atoms with Crippen molar-refractivity contribution in [2.75, 3.05) is 31.7 Å². The molecule has 2 aromatic heterocycles. The Bertz CT molecular complexity index is 681. The molecular weight excluding hydrogens is 284 g/mol. The molecule has 0 radical (unpaired) electrons. The van der Waals surface area contributed by atoms with Crippen LogP contribution in [0.25, 0.3) is 10.2 Å². The number of sulfonamides is 1. The first-order chi connectivity index (χ1) is 8.88. The van der Waals surface area contributed by atoms with Gasteiger partial charge in [0.2, 0.25) is 10.0 Å². The Morgan fingerprint density at radius 3 is 2.84 bits per heavy atom. The Labute approximate surface area is 116 Å². The van der Waals surface area contributed by atoms with E-state index in [-0.39, 0.29) is 0 Å². The maximum absolute atomic E-state index is 11.3. The highest BCUT2D eigenvalue weighted by atomic mass is 32.2. The van der Waals surface area contributed by atoms with E-state index in [0.29, 0.717) is 18.9 Å². The molecule has 2 heterocycles. The van der Waals surface area contributed by atoms with Gasteiger partial charge < -0.3 is 5.32 Å². The van der Waals surface area contributed by atoms with Gasteiger partial charge in [-0.15, -0.1) is 11.3 Å². The Balaban J connectivity index is 2.08. The number of thiophene rings is 1. The van der Waals surface area contributed by atoms with Crippen molar-refractivity contribution in [2.24, 2.45) is 0 Å². The first-order valence-corrected chi connectivity index (χ1v) is 8.48. The summed E-state index contributed by atoms with van der Waals surface area (Å²) in [5.74, 6) is 1.46. The third-order valence-electron chi connectivity index (χ3n) is 2.72. The molecule has 8 heteroatoms. The Hall–Kier alpha value is -1.25. The molecule has 0 atom stereocenters. The topological polar surface area (TPSA) is 75.2 Å². The summed E-state index contributed by atoms with van der Waals surface area (Å²) in [5.41, 5.74) is 0. The van der Waals surface area contributed by atoms with E-state index >= 15 is 0 Å². The number of aromatic nitrogens is 2. The summed E-state index contributed by atoms with van der Waals surface area (Å²) < 4.78 is 23.9. The highest BCUT2D eigenvalue weighted by Crippen LogP contribution is 2.24. The summed E-state index contributed by atoms with van der Waals surface area (Å²) >= 11 is 1.56. The first kappa shape index (κ1) is 14.2. The number of hydrogen-bond acceptors (Lipinski definition) is 6. The lowest BCUT2D eigenvalue weighted by Crippen LogP contribution is -2.30. The molecule has 0 aliphatic rings. The third kappa shape index (κ3) is 3.40. The second-order valence-corrected chi connectivity index (χ2v) is 7.25. The van der Waals surface area contributed by atoms with Crippen molar-refractivity contribution in [3.8, 4) is 0 Å². The van der Waals surface area contributed by atoms with Gasteiger partial charge in [0.25, 0.3) is 0 Å². The molecule has 104 valence electrons. The SMILES string of the molecule is Cc1nc(NCCN(C)S(C)(=O)=O)c2ccsc2n1. The summed E-state index contributed by atoms with van der Waals surface area (Å²) in [6.45, 7) is 2.74. The zero-order valence-electron chi connectivity index (χ0n) is 11.0. The van der Waals surface area contributed by atoms with Crippen LogP contribution in [0, 0.1) is 6.92 Å². The first-order valence-electron chi connectivity index (χ1n) is 5.75. The fraction of sp³-hybridized carbons (Fsp3) is 0.455. The van der Waals surface area contributed by atoms with Gasteiger partial charge >= 0.3 is 0 Å². The van der Waals surface area contributed by atoms with Crippen LogP contribution in [0.3, 0.4) is 0 Å². The number of nitrogens with one attached hydrogen (secondary N) is 1. The summed E-state index contributed by atoms with van der Waals surface area (Å²) in [5, 5.41) is 6.10. The van der Waals surface area contributed by atoms with Crippen molar-refractivity contribution in [2.45, 2.75) is 6.92 Å². The lowest BCUT2D eigenvalue weighted by Gasteiger charge is -2.14. The smallest absolute Gasteiger partial charge is 0.211 e. The van der Waals surface area contributed by atoms with Gasteiger partial charge in [-0.25, -0.2) is 22.7 Å². The fourth-order valence-electron chi connectivity index (χ4n) is 1.59. The minimum atomic E-state index is -3.13. The average Bonchev–Trinajstić information content (AvgIpc) is 2.75.